The molecular weight excluding hydrogens is 180 g/mol. The molecule has 0 saturated carbocycles. The molecule has 0 saturated heterocycles. The number of nitrogens with zero attached hydrogens (tertiary/aromatic N) is 2. The van der Waals surface area contributed by atoms with Gasteiger partial charge in [-0.15, -0.1) is 5.10 Å². The first kappa shape index (κ1) is 8.93. The van der Waals surface area contributed by atoms with Gasteiger partial charge in [-0.3, -0.25) is 0 Å². The first-order chi connectivity index (χ1) is 5.74. The van der Waals surface area contributed by atoms with Gasteiger partial charge < -0.3 is 4.74 Å². The van der Waals surface area contributed by atoms with Gasteiger partial charge in [0.05, 0.1) is 17.8 Å². The van der Waals surface area contributed by atoms with Crippen molar-refractivity contribution < 1.29 is 9.53 Å². The van der Waals surface area contributed by atoms with E-state index in [0.29, 0.717) is 11.6 Å². The van der Waals surface area contributed by atoms with Crippen LogP contribution in [0.3, 0.4) is 0 Å². The van der Waals surface area contributed by atoms with Crippen LogP contribution in [0.15, 0.2) is 12.3 Å². The molecule has 0 N–H and O–H groups in total. The van der Waals surface area contributed by atoms with E-state index in [2.05, 4.69) is 14.9 Å². The van der Waals surface area contributed by atoms with Crippen molar-refractivity contribution in [3.05, 3.63) is 23.0 Å². The summed E-state index contributed by atoms with van der Waals surface area (Å²) in [4.78, 5) is 11.0. The van der Waals surface area contributed by atoms with Crippen molar-refractivity contribution in [2.75, 3.05) is 6.61 Å². The Morgan fingerprint density at radius 2 is 2.50 bits per heavy atom. The summed E-state index contributed by atoms with van der Waals surface area (Å²) < 4.78 is 4.68. The van der Waals surface area contributed by atoms with Gasteiger partial charge in [-0.25, -0.2) is 4.79 Å². The van der Waals surface area contributed by atoms with Gasteiger partial charge in [-0.2, -0.15) is 5.10 Å². The second kappa shape index (κ2) is 4.01. The summed E-state index contributed by atoms with van der Waals surface area (Å²) in [5.74, 6) is -0.507. The molecule has 0 unspecified atom stereocenters. The molecule has 1 aromatic rings. The number of carbonyl (C=O) groups excluding carboxylic acids is 1. The summed E-state index contributed by atoms with van der Waals surface area (Å²) in [5, 5.41) is 7.42. The molecule has 12 heavy (non-hydrogen) atoms. The average molecular weight is 187 g/mol. The highest BCUT2D eigenvalue weighted by atomic mass is 35.5. The van der Waals surface area contributed by atoms with Crippen LogP contribution in [0.1, 0.15) is 17.4 Å². The molecule has 1 rings (SSSR count). The SMILES string of the molecule is CCOC(=O)c1cc(Cl)cnn1. The zero-order chi connectivity index (χ0) is 8.97. The number of carbonyl (C=O) groups is 1. The van der Waals surface area contributed by atoms with Gasteiger partial charge in [0.15, 0.2) is 5.69 Å². The van der Waals surface area contributed by atoms with E-state index in [9.17, 15) is 4.79 Å². The molecule has 1 heterocycles. The molecular formula is C7H7ClN2O2. The standard InChI is InChI=1S/C7H7ClN2O2/c1-2-12-7(11)6-3-5(8)4-9-10-6/h3-4H,2H2,1H3. The predicted octanol–water partition coefficient (Wildman–Crippen LogP) is 1.31. The first-order valence-corrected chi connectivity index (χ1v) is 3.77. The summed E-state index contributed by atoms with van der Waals surface area (Å²) in [6.45, 7) is 2.03. The van der Waals surface area contributed by atoms with Crippen LogP contribution in [0.4, 0.5) is 0 Å². The Hall–Kier alpha value is -1.16. The summed E-state index contributed by atoms with van der Waals surface area (Å²) in [5.41, 5.74) is 0.129. The van der Waals surface area contributed by atoms with E-state index in [0.717, 1.165) is 0 Å². The van der Waals surface area contributed by atoms with Gasteiger partial charge in [0, 0.05) is 0 Å². The lowest BCUT2D eigenvalue weighted by atomic mass is 10.4. The maximum Gasteiger partial charge on any atom is 0.358 e. The van der Waals surface area contributed by atoms with Gasteiger partial charge >= 0.3 is 5.97 Å². The van der Waals surface area contributed by atoms with E-state index in [-0.39, 0.29) is 5.69 Å². The Kier molecular flexibility index (Phi) is 2.99. The fourth-order valence-electron chi connectivity index (χ4n) is 0.648. The third-order valence-electron chi connectivity index (χ3n) is 1.11. The molecule has 1 aromatic heterocycles. The van der Waals surface area contributed by atoms with E-state index in [1.807, 2.05) is 0 Å². The van der Waals surface area contributed by atoms with Crippen molar-refractivity contribution in [1.82, 2.24) is 10.2 Å². The number of halogens is 1. The zero-order valence-corrected chi connectivity index (χ0v) is 7.21. The summed E-state index contributed by atoms with van der Waals surface area (Å²) in [6, 6.07) is 1.41. The van der Waals surface area contributed by atoms with Crippen LogP contribution in [0.2, 0.25) is 5.02 Å². The fraction of sp³-hybridized carbons (Fsp3) is 0.286. The fourth-order valence-corrected chi connectivity index (χ4v) is 0.795. The number of ether oxygens (including phenoxy) is 1. The zero-order valence-electron chi connectivity index (χ0n) is 6.45. The highest BCUT2D eigenvalue weighted by Crippen LogP contribution is 2.06. The number of esters is 1. The normalized spacial score (nSPS) is 9.50. The highest BCUT2D eigenvalue weighted by Gasteiger charge is 2.08. The van der Waals surface area contributed by atoms with E-state index in [1.54, 1.807) is 6.92 Å². The van der Waals surface area contributed by atoms with Crippen LogP contribution >= 0.6 is 11.6 Å². The van der Waals surface area contributed by atoms with E-state index < -0.39 is 5.97 Å². The summed E-state index contributed by atoms with van der Waals surface area (Å²) in [7, 11) is 0. The summed E-state index contributed by atoms with van der Waals surface area (Å²) in [6.07, 6.45) is 1.35. The molecule has 0 fully saturated rings. The molecule has 0 bridgehead atoms. The molecule has 0 atom stereocenters. The van der Waals surface area contributed by atoms with Crippen molar-refractivity contribution in [2.45, 2.75) is 6.92 Å². The quantitative estimate of drug-likeness (QED) is 0.654. The second-order valence-electron chi connectivity index (χ2n) is 1.98. The predicted molar refractivity (Wildman–Crippen MR) is 43.0 cm³/mol. The first-order valence-electron chi connectivity index (χ1n) is 3.39. The van der Waals surface area contributed by atoms with E-state index >= 15 is 0 Å². The van der Waals surface area contributed by atoms with Crippen molar-refractivity contribution in [2.24, 2.45) is 0 Å². The Morgan fingerprint density at radius 3 is 3.08 bits per heavy atom. The molecule has 0 aromatic carbocycles. The maximum absolute atomic E-state index is 11.0. The van der Waals surface area contributed by atoms with Gasteiger partial charge in [0.2, 0.25) is 0 Å². The van der Waals surface area contributed by atoms with Gasteiger partial charge in [-0.05, 0) is 13.0 Å². The molecule has 5 heteroatoms. The third-order valence-corrected chi connectivity index (χ3v) is 1.31. The molecule has 4 nitrogen and oxygen atoms in total. The van der Waals surface area contributed by atoms with Crippen molar-refractivity contribution in [1.29, 1.82) is 0 Å². The molecule has 0 aliphatic heterocycles. The van der Waals surface area contributed by atoms with Gasteiger partial charge in [-0.1, -0.05) is 11.6 Å². The Morgan fingerprint density at radius 1 is 1.75 bits per heavy atom. The van der Waals surface area contributed by atoms with Crippen LogP contribution in [0.5, 0.6) is 0 Å². The molecule has 64 valence electrons. The van der Waals surface area contributed by atoms with Crippen molar-refractivity contribution in [3.63, 3.8) is 0 Å². The molecule has 0 aliphatic rings. The smallest absolute Gasteiger partial charge is 0.358 e. The molecule has 0 aliphatic carbocycles. The maximum atomic E-state index is 11.0. The minimum Gasteiger partial charge on any atom is -0.461 e. The Balaban J connectivity index is 2.81. The molecule has 0 amide bonds. The van der Waals surface area contributed by atoms with Crippen molar-refractivity contribution >= 4 is 17.6 Å². The number of rotatable bonds is 2. The second-order valence-corrected chi connectivity index (χ2v) is 2.42. The third kappa shape index (κ3) is 2.17. The lowest BCUT2D eigenvalue weighted by Gasteiger charge is -1.98. The Bertz CT molecular complexity index is 290. The average Bonchev–Trinajstić information content (AvgIpc) is 2.05. The van der Waals surface area contributed by atoms with Crippen LogP contribution < -0.4 is 0 Å². The topological polar surface area (TPSA) is 52.1 Å². The largest absolute Gasteiger partial charge is 0.461 e. The molecule has 0 spiro atoms. The summed E-state index contributed by atoms with van der Waals surface area (Å²) >= 11 is 5.58. The lowest BCUT2D eigenvalue weighted by molar-refractivity contribution is 0.0518. The number of hydrogen-bond donors (Lipinski definition) is 0. The van der Waals surface area contributed by atoms with Crippen molar-refractivity contribution in [3.8, 4) is 0 Å². The van der Waals surface area contributed by atoms with Gasteiger partial charge in [0.1, 0.15) is 0 Å². The minimum atomic E-state index is -0.507. The van der Waals surface area contributed by atoms with Crippen LogP contribution in [0.25, 0.3) is 0 Å². The van der Waals surface area contributed by atoms with Gasteiger partial charge in [0.25, 0.3) is 0 Å². The number of hydrogen-bond acceptors (Lipinski definition) is 4. The van der Waals surface area contributed by atoms with E-state index in [1.165, 1.54) is 12.3 Å². The van der Waals surface area contributed by atoms with E-state index in [4.69, 9.17) is 11.6 Å². The molecule has 0 radical (unpaired) electrons. The Labute approximate surface area is 74.5 Å². The van der Waals surface area contributed by atoms with Crippen LogP contribution in [-0.2, 0) is 4.74 Å². The number of aromatic nitrogens is 2. The highest BCUT2D eigenvalue weighted by molar-refractivity contribution is 6.30. The lowest BCUT2D eigenvalue weighted by Crippen LogP contribution is -2.07. The van der Waals surface area contributed by atoms with Crippen LogP contribution in [0, 0.1) is 0 Å². The monoisotopic (exact) mass is 186 g/mol. The van der Waals surface area contributed by atoms with Crippen LogP contribution in [-0.4, -0.2) is 22.8 Å². The minimum absolute atomic E-state index is 0.129.